The number of esters is 1. The van der Waals surface area contributed by atoms with E-state index in [1.165, 1.54) is 0 Å². The molecule has 0 spiro atoms. The molecule has 0 radical (unpaired) electrons. The summed E-state index contributed by atoms with van der Waals surface area (Å²) in [6, 6.07) is 12.1. The summed E-state index contributed by atoms with van der Waals surface area (Å²) in [4.78, 5) is 24.2. The average Bonchev–Trinajstić information content (AvgIpc) is 2.68. The van der Waals surface area contributed by atoms with E-state index in [1.54, 1.807) is 30.3 Å². The van der Waals surface area contributed by atoms with Gasteiger partial charge in [-0.05, 0) is 49.1 Å². The lowest BCUT2D eigenvalue weighted by atomic mass is 10.0. The van der Waals surface area contributed by atoms with Crippen molar-refractivity contribution >= 4 is 21.8 Å². The van der Waals surface area contributed by atoms with Crippen molar-refractivity contribution in [2.24, 2.45) is 0 Å². The maximum Gasteiger partial charge on any atom is 0.307 e. The third-order valence-corrected chi connectivity index (χ3v) is 6.01. The van der Waals surface area contributed by atoms with Crippen molar-refractivity contribution in [3.63, 3.8) is 0 Å². The molecule has 1 N–H and O–H groups in total. The van der Waals surface area contributed by atoms with E-state index in [9.17, 15) is 18.0 Å². The van der Waals surface area contributed by atoms with Crippen LogP contribution < -0.4 is 4.72 Å². The lowest BCUT2D eigenvalue weighted by molar-refractivity contribution is -0.142. The Labute approximate surface area is 172 Å². The van der Waals surface area contributed by atoms with Gasteiger partial charge in [0.15, 0.2) is 6.61 Å². The molecule has 7 heteroatoms. The molecule has 2 rings (SSSR count). The highest BCUT2D eigenvalue weighted by Gasteiger charge is 2.16. The van der Waals surface area contributed by atoms with Gasteiger partial charge in [0.1, 0.15) is 0 Å². The lowest BCUT2D eigenvalue weighted by Gasteiger charge is -2.10. The van der Waals surface area contributed by atoms with Gasteiger partial charge in [-0.2, -0.15) is 0 Å². The SMILES string of the molecule is Cc1ccc(C)c(C(=O)COC(=O)CCNS(=O)(=O)c2ccc(C(C)C)cc2)c1. The van der Waals surface area contributed by atoms with Crippen molar-refractivity contribution in [3.05, 3.63) is 64.7 Å². The second-order valence-corrected chi connectivity index (χ2v) is 9.04. The normalized spacial score (nSPS) is 11.5. The predicted molar refractivity (Wildman–Crippen MR) is 112 cm³/mol. The molecule has 0 aliphatic carbocycles. The molecule has 0 heterocycles. The molecule has 6 nitrogen and oxygen atoms in total. The van der Waals surface area contributed by atoms with Gasteiger partial charge in [-0.3, -0.25) is 9.59 Å². The quantitative estimate of drug-likeness (QED) is 0.498. The van der Waals surface area contributed by atoms with Crippen molar-refractivity contribution in [2.75, 3.05) is 13.2 Å². The molecule has 0 fully saturated rings. The Morgan fingerprint density at radius 3 is 2.31 bits per heavy atom. The van der Waals surface area contributed by atoms with Crippen LogP contribution in [0.15, 0.2) is 47.4 Å². The van der Waals surface area contributed by atoms with Gasteiger partial charge in [0.05, 0.1) is 11.3 Å². The van der Waals surface area contributed by atoms with Crippen molar-refractivity contribution in [1.29, 1.82) is 0 Å². The Balaban J connectivity index is 1.83. The minimum atomic E-state index is -3.71. The zero-order valence-electron chi connectivity index (χ0n) is 17.2. The Morgan fingerprint density at radius 1 is 1.03 bits per heavy atom. The molecule has 0 bridgehead atoms. The number of nitrogens with one attached hydrogen (secondary N) is 1. The van der Waals surface area contributed by atoms with Crippen molar-refractivity contribution < 1.29 is 22.7 Å². The molecule has 0 amide bonds. The van der Waals surface area contributed by atoms with Crippen molar-refractivity contribution in [3.8, 4) is 0 Å². The van der Waals surface area contributed by atoms with Crippen LogP contribution in [0.4, 0.5) is 0 Å². The predicted octanol–water partition coefficient (Wildman–Crippen LogP) is 3.52. The number of carbonyl (C=O) groups is 2. The first-order valence-corrected chi connectivity index (χ1v) is 10.9. The van der Waals surface area contributed by atoms with E-state index >= 15 is 0 Å². The number of benzene rings is 2. The van der Waals surface area contributed by atoms with Gasteiger partial charge in [-0.1, -0.05) is 43.7 Å². The van der Waals surface area contributed by atoms with Crippen LogP contribution in [0.1, 0.15) is 53.2 Å². The van der Waals surface area contributed by atoms with Crippen LogP contribution in [0.3, 0.4) is 0 Å². The molecule has 0 unspecified atom stereocenters. The summed E-state index contributed by atoms with van der Waals surface area (Å²) in [5.74, 6) is -0.618. The molecule has 29 heavy (non-hydrogen) atoms. The Hall–Kier alpha value is -2.51. The first-order valence-electron chi connectivity index (χ1n) is 9.46. The molecule has 156 valence electrons. The Morgan fingerprint density at radius 2 is 1.69 bits per heavy atom. The van der Waals surface area contributed by atoms with Crippen LogP contribution in [-0.2, 0) is 19.6 Å². The largest absolute Gasteiger partial charge is 0.457 e. The number of hydrogen-bond acceptors (Lipinski definition) is 5. The van der Waals surface area contributed by atoms with Crippen LogP contribution in [0.2, 0.25) is 0 Å². The molecule has 0 atom stereocenters. The lowest BCUT2D eigenvalue weighted by Crippen LogP contribution is -2.27. The summed E-state index contributed by atoms with van der Waals surface area (Å²) >= 11 is 0. The summed E-state index contributed by atoms with van der Waals surface area (Å²) in [6.45, 7) is 7.27. The van der Waals surface area contributed by atoms with E-state index < -0.39 is 16.0 Å². The number of aryl methyl sites for hydroxylation is 2. The summed E-state index contributed by atoms with van der Waals surface area (Å²) in [5, 5.41) is 0. The summed E-state index contributed by atoms with van der Waals surface area (Å²) in [6.07, 6.45) is -0.163. The molecule has 2 aromatic carbocycles. The fourth-order valence-corrected chi connectivity index (χ4v) is 3.77. The standard InChI is InChI=1S/C22H27NO5S/c1-15(2)18-7-9-19(10-8-18)29(26,27)23-12-11-22(25)28-14-21(24)20-13-16(3)5-6-17(20)4/h5-10,13,15,23H,11-12,14H2,1-4H3. The number of Topliss-reactive ketones (excluding diaryl/α,β-unsaturated/α-hetero) is 1. The van der Waals surface area contributed by atoms with Gasteiger partial charge in [0, 0.05) is 12.1 Å². The van der Waals surface area contributed by atoms with Gasteiger partial charge < -0.3 is 4.74 Å². The fourth-order valence-electron chi connectivity index (χ4n) is 2.73. The topological polar surface area (TPSA) is 89.5 Å². The maximum absolute atomic E-state index is 12.3. The number of hydrogen-bond donors (Lipinski definition) is 1. The number of ether oxygens (including phenoxy) is 1. The fraction of sp³-hybridized carbons (Fsp3) is 0.364. The first-order chi connectivity index (χ1) is 13.6. The van der Waals surface area contributed by atoms with Gasteiger partial charge in [-0.15, -0.1) is 0 Å². The monoisotopic (exact) mass is 417 g/mol. The smallest absolute Gasteiger partial charge is 0.307 e. The van der Waals surface area contributed by atoms with Crippen LogP contribution in [0.5, 0.6) is 0 Å². The van der Waals surface area contributed by atoms with Crippen LogP contribution in [0.25, 0.3) is 0 Å². The van der Waals surface area contributed by atoms with Gasteiger partial charge in [-0.25, -0.2) is 13.1 Å². The van der Waals surface area contributed by atoms with E-state index in [4.69, 9.17) is 4.74 Å². The van der Waals surface area contributed by atoms with Crippen LogP contribution in [0, 0.1) is 13.8 Å². The third kappa shape index (κ3) is 6.51. The highest BCUT2D eigenvalue weighted by atomic mass is 32.2. The second-order valence-electron chi connectivity index (χ2n) is 7.27. The molecular weight excluding hydrogens is 390 g/mol. The molecule has 0 aromatic heterocycles. The molecule has 0 saturated heterocycles. The van der Waals surface area contributed by atoms with E-state index in [1.807, 2.05) is 39.8 Å². The molecule has 0 aliphatic rings. The van der Waals surface area contributed by atoms with E-state index in [0.717, 1.165) is 16.7 Å². The first kappa shape index (κ1) is 22.8. The molecule has 0 saturated carbocycles. The summed E-state index contributed by atoms with van der Waals surface area (Å²) < 4.78 is 32.0. The molecular formula is C22H27NO5S. The van der Waals surface area contributed by atoms with Crippen molar-refractivity contribution in [1.82, 2.24) is 4.72 Å². The van der Waals surface area contributed by atoms with E-state index in [-0.39, 0.29) is 30.3 Å². The molecule has 0 aliphatic heterocycles. The number of sulfonamides is 1. The van der Waals surface area contributed by atoms with E-state index in [0.29, 0.717) is 11.5 Å². The van der Waals surface area contributed by atoms with Crippen LogP contribution >= 0.6 is 0 Å². The third-order valence-electron chi connectivity index (χ3n) is 4.54. The zero-order valence-corrected chi connectivity index (χ0v) is 18.0. The van der Waals surface area contributed by atoms with Gasteiger partial charge >= 0.3 is 5.97 Å². The number of carbonyl (C=O) groups excluding carboxylic acids is 2. The minimum absolute atomic E-state index is 0.106. The van der Waals surface area contributed by atoms with Gasteiger partial charge in [0.2, 0.25) is 15.8 Å². The van der Waals surface area contributed by atoms with Gasteiger partial charge in [0.25, 0.3) is 0 Å². The van der Waals surface area contributed by atoms with Crippen LogP contribution in [-0.4, -0.2) is 33.3 Å². The number of ketones is 1. The molecule has 2 aromatic rings. The average molecular weight is 418 g/mol. The Kier molecular flexibility index (Phi) is 7.70. The van der Waals surface area contributed by atoms with Crippen molar-refractivity contribution in [2.45, 2.75) is 44.9 Å². The second kappa shape index (κ2) is 9.80. The zero-order chi connectivity index (χ0) is 21.6. The Bertz CT molecular complexity index is 979. The maximum atomic E-state index is 12.3. The van der Waals surface area contributed by atoms with E-state index in [2.05, 4.69) is 4.72 Å². The minimum Gasteiger partial charge on any atom is -0.457 e. The highest BCUT2D eigenvalue weighted by Crippen LogP contribution is 2.17. The summed E-state index contributed by atoms with van der Waals surface area (Å²) in [7, 11) is -3.71. The summed E-state index contributed by atoms with van der Waals surface area (Å²) in [5.41, 5.74) is 3.32. The highest BCUT2D eigenvalue weighted by molar-refractivity contribution is 7.89. The number of rotatable bonds is 9.